The summed E-state index contributed by atoms with van der Waals surface area (Å²) in [4.78, 5) is 9.88. The maximum Gasteiger partial charge on any atom is 0.231 e. The zero-order valence-corrected chi connectivity index (χ0v) is 5.12. The molecular formula is C6H9NO2. The highest BCUT2D eigenvalue weighted by atomic mass is 16.6. The van der Waals surface area contributed by atoms with Gasteiger partial charge in [0, 0.05) is 11.3 Å². The molecule has 0 aromatic heterocycles. The van der Waals surface area contributed by atoms with Gasteiger partial charge in [-0.25, -0.2) is 0 Å². The fraction of sp³-hybridized carbons (Fsp3) is 0.667. The third-order valence-corrected chi connectivity index (χ3v) is 1.50. The van der Waals surface area contributed by atoms with E-state index in [2.05, 4.69) is 0 Å². The predicted molar refractivity (Wildman–Crippen MR) is 33.8 cm³/mol. The molecule has 9 heavy (non-hydrogen) atoms. The number of allylic oxidation sites excluding steroid dienone is 1. The van der Waals surface area contributed by atoms with Gasteiger partial charge < -0.3 is 0 Å². The van der Waals surface area contributed by atoms with Gasteiger partial charge in [0.1, 0.15) is 0 Å². The first kappa shape index (κ1) is 6.26. The second kappa shape index (κ2) is 2.62. The van der Waals surface area contributed by atoms with Gasteiger partial charge in [-0.05, 0) is 18.9 Å². The van der Waals surface area contributed by atoms with E-state index in [0.29, 0.717) is 6.42 Å². The van der Waals surface area contributed by atoms with E-state index in [1.165, 1.54) is 0 Å². The van der Waals surface area contributed by atoms with Gasteiger partial charge in [-0.2, -0.15) is 0 Å². The van der Waals surface area contributed by atoms with Crippen LogP contribution in [0.4, 0.5) is 0 Å². The Kier molecular flexibility index (Phi) is 1.82. The standard InChI is InChI=1S/C6H9NO2/c8-7(9)6-4-2-1-3-5-6/h2,4,6H,1,3,5H2. The maximum atomic E-state index is 10.1. The van der Waals surface area contributed by atoms with Crippen molar-refractivity contribution >= 4 is 0 Å². The molecule has 0 spiro atoms. The summed E-state index contributed by atoms with van der Waals surface area (Å²) in [7, 11) is 0. The number of rotatable bonds is 1. The van der Waals surface area contributed by atoms with Crippen molar-refractivity contribution in [2.75, 3.05) is 0 Å². The van der Waals surface area contributed by atoms with Crippen molar-refractivity contribution in [3.8, 4) is 0 Å². The molecule has 50 valence electrons. The van der Waals surface area contributed by atoms with Crippen LogP contribution in [0.2, 0.25) is 0 Å². The molecule has 0 saturated carbocycles. The zero-order chi connectivity index (χ0) is 6.69. The fourth-order valence-corrected chi connectivity index (χ4v) is 0.970. The zero-order valence-electron chi connectivity index (χ0n) is 5.12. The first-order valence-electron chi connectivity index (χ1n) is 3.11. The molecule has 1 unspecified atom stereocenters. The summed E-state index contributed by atoms with van der Waals surface area (Å²) in [6.07, 6.45) is 6.25. The van der Waals surface area contributed by atoms with Gasteiger partial charge in [0.05, 0.1) is 0 Å². The smallest absolute Gasteiger partial charge is 0.231 e. The summed E-state index contributed by atoms with van der Waals surface area (Å²) in [5.41, 5.74) is 0. The highest BCUT2D eigenvalue weighted by Gasteiger charge is 2.16. The molecule has 0 bridgehead atoms. The first-order chi connectivity index (χ1) is 4.30. The van der Waals surface area contributed by atoms with Gasteiger partial charge in [-0.1, -0.05) is 6.08 Å². The Morgan fingerprint density at radius 3 is 2.78 bits per heavy atom. The molecule has 1 aliphatic rings. The molecule has 3 heteroatoms. The lowest BCUT2D eigenvalue weighted by Gasteiger charge is -2.07. The minimum Gasteiger partial charge on any atom is -0.264 e. The van der Waals surface area contributed by atoms with Crippen molar-refractivity contribution in [1.82, 2.24) is 0 Å². The fourth-order valence-electron chi connectivity index (χ4n) is 0.970. The first-order valence-corrected chi connectivity index (χ1v) is 3.11. The van der Waals surface area contributed by atoms with E-state index in [4.69, 9.17) is 0 Å². The van der Waals surface area contributed by atoms with Gasteiger partial charge in [-0.3, -0.25) is 10.1 Å². The van der Waals surface area contributed by atoms with Gasteiger partial charge >= 0.3 is 0 Å². The van der Waals surface area contributed by atoms with Crippen LogP contribution in [0.25, 0.3) is 0 Å². The van der Waals surface area contributed by atoms with Crippen LogP contribution >= 0.6 is 0 Å². The Hall–Kier alpha value is -0.860. The summed E-state index contributed by atoms with van der Waals surface area (Å²) in [6.45, 7) is 0. The van der Waals surface area contributed by atoms with Crippen LogP contribution in [0.3, 0.4) is 0 Å². The number of hydrogen-bond donors (Lipinski definition) is 0. The lowest BCUT2D eigenvalue weighted by molar-refractivity contribution is -0.510. The molecule has 0 aromatic rings. The van der Waals surface area contributed by atoms with E-state index in [0.717, 1.165) is 12.8 Å². The SMILES string of the molecule is O=[N+]([O-])C1C=CCCC1. The van der Waals surface area contributed by atoms with Crippen LogP contribution in [0, 0.1) is 10.1 Å². The molecule has 0 aliphatic heterocycles. The van der Waals surface area contributed by atoms with E-state index in [-0.39, 0.29) is 4.92 Å². The molecule has 1 aliphatic carbocycles. The van der Waals surface area contributed by atoms with Crippen molar-refractivity contribution in [2.45, 2.75) is 25.3 Å². The van der Waals surface area contributed by atoms with Gasteiger partial charge in [0.15, 0.2) is 0 Å². The van der Waals surface area contributed by atoms with Crippen LogP contribution in [0.1, 0.15) is 19.3 Å². The van der Waals surface area contributed by atoms with Crippen molar-refractivity contribution in [1.29, 1.82) is 0 Å². The summed E-state index contributed by atoms with van der Waals surface area (Å²) in [6, 6.07) is -0.404. The molecule has 1 rings (SSSR count). The van der Waals surface area contributed by atoms with Crippen molar-refractivity contribution < 1.29 is 4.92 Å². The van der Waals surface area contributed by atoms with Crippen molar-refractivity contribution in [3.05, 3.63) is 22.3 Å². The van der Waals surface area contributed by atoms with Crippen LogP contribution in [-0.2, 0) is 0 Å². The predicted octanol–water partition coefficient (Wildman–Crippen LogP) is 1.37. The number of nitrogens with zero attached hydrogens (tertiary/aromatic N) is 1. The van der Waals surface area contributed by atoms with Crippen molar-refractivity contribution in [2.24, 2.45) is 0 Å². The summed E-state index contributed by atoms with van der Waals surface area (Å²) >= 11 is 0. The molecule has 0 fully saturated rings. The number of hydrogen-bond acceptors (Lipinski definition) is 2. The minimum absolute atomic E-state index is 0.227. The molecule has 0 aromatic carbocycles. The van der Waals surface area contributed by atoms with E-state index in [1.807, 2.05) is 6.08 Å². The van der Waals surface area contributed by atoms with E-state index in [1.54, 1.807) is 6.08 Å². The lowest BCUT2D eigenvalue weighted by Crippen LogP contribution is -2.17. The molecule has 0 heterocycles. The van der Waals surface area contributed by atoms with Crippen LogP contribution < -0.4 is 0 Å². The second-order valence-electron chi connectivity index (χ2n) is 2.21. The Morgan fingerprint density at radius 2 is 2.44 bits per heavy atom. The van der Waals surface area contributed by atoms with Crippen molar-refractivity contribution in [3.63, 3.8) is 0 Å². The molecule has 3 nitrogen and oxygen atoms in total. The lowest BCUT2D eigenvalue weighted by atomic mass is 10.0. The monoisotopic (exact) mass is 127 g/mol. The van der Waals surface area contributed by atoms with Crippen LogP contribution in [-0.4, -0.2) is 11.0 Å². The minimum atomic E-state index is -0.404. The van der Waals surface area contributed by atoms with Crippen LogP contribution in [0.15, 0.2) is 12.2 Å². The average molecular weight is 127 g/mol. The normalized spacial score (nSPS) is 26.0. The molecule has 0 amide bonds. The molecular weight excluding hydrogens is 118 g/mol. The quantitative estimate of drug-likeness (QED) is 0.303. The molecule has 0 saturated heterocycles. The summed E-state index contributed by atoms with van der Waals surface area (Å²) in [5.74, 6) is 0. The topological polar surface area (TPSA) is 43.1 Å². The largest absolute Gasteiger partial charge is 0.264 e. The van der Waals surface area contributed by atoms with Crippen LogP contribution in [0.5, 0.6) is 0 Å². The summed E-state index contributed by atoms with van der Waals surface area (Å²) < 4.78 is 0. The van der Waals surface area contributed by atoms with Gasteiger partial charge in [-0.15, -0.1) is 0 Å². The highest BCUT2D eigenvalue weighted by Crippen LogP contribution is 2.11. The average Bonchev–Trinajstić information content (AvgIpc) is 1.90. The Morgan fingerprint density at radius 1 is 1.67 bits per heavy atom. The van der Waals surface area contributed by atoms with Gasteiger partial charge in [0.2, 0.25) is 6.04 Å². The van der Waals surface area contributed by atoms with E-state index < -0.39 is 6.04 Å². The third-order valence-electron chi connectivity index (χ3n) is 1.50. The third kappa shape index (κ3) is 1.52. The Balaban J connectivity index is 2.50. The molecule has 1 atom stereocenters. The molecule has 0 radical (unpaired) electrons. The van der Waals surface area contributed by atoms with E-state index >= 15 is 0 Å². The Bertz CT molecular complexity index is 142. The molecule has 0 N–H and O–H groups in total. The maximum absolute atomic E-state index is 10.1. The summed E-state index contributed by atoms with van der Waals surface area (Å²) in [5, 5.41) is 10.1. The van der Waals surface area contributed by atoms with Gasteiger partial charge in [0.25, 0.3) is 0 Å². The highest BCUT2D eigenvalue weighted by molar-refractivity contribution is 4.93. The second-order valence-corrected chi connectivity index (χ2v) is 2.21. The number of nitro groups is 1. The Labute approximate surface area is 53.5 Å². The van der Waals surface area contributed by atoms with E-state index in [9.17, 15) is 10.1 Å².